The van der Waals surface area contributed by atoms with Gasteiger partial charge < -0.3 is 15.6 Å². The molecule has 1 rings (SSSR count). The molecule has 1 aromatic carbocycles. The van der Waals surface area contributed by atoms with Gasteiger partial charge in [-0.05, 0) is 18.2 Å². The zero-order valence-electron chi connectivity index (χ0n) is 7.69. The maximum absolute atomic E-state index is 11.1. The van der Waals surface area contributed by atoms with Crippen LogP contribution < -0.4 is 10.5 Å². The molecule has 0 aliphatic carbocycles. The minimum atomic E-state index is -0.182. The van der Waals surface area contributed by atoms with Crippen molar-refractivity contribution in [3.05, 3.63) is 23.8 Å². The van der Waals surface area contributed by atoms with E-state index in [9.17, 15) is 9.90 Å². The molecule has 78 valence electrons. The van der Waals surface area contributed by atoms with Crippen molar-refractivity contribution in [2.24, 2.45) is 5.73 Å². The van der Waals surface area contributed by atoms with Gasteiger partial charge in [0.25, 0.3) is 0 Å². The lowest BCUT2D eigenvalue weighted by Crippen LogP contribution is -2.13. The molecular weight excluding hydrogens is 206 g/mol. The second kappa shape index (κ2) is 5.47. The van der Waals surface area contributed by atoms with Crippen LogP contribution in [0.2, 0.25) is 0 Å². The Morgan fingerprint density at radius 1 is 1.57 bits per heavy atom. The highest BCUT2D eigenvalue weighted by Gasteiger charge is 2.07. The number of carbonyl (C=O) groups is 1. The Hall–Kier alpha value is -1.26. The van der Waals surface area contributed by atoms with Gasteiger partial charge in [-0.3, -0.25) is 4.79 Å². The summed E-state index contributed by atoms with van der Waals surface area (Å²) in [5, 5.41) is 9.22. The number of phenols is 1. The molecule has 0 spiro atoms. The summed E-state index contributed by atoms with van der Waals surface area (Å²) in [5.74, 6) is 0.105. The van der Waals surface area contributed by atoms with Gasteiger partial charge in [0.05, 0.1) is 13.7 Å². The van der Waals surface area contributed by atoms with Crippen molar-refractivity contribution in [1.29, 1.82) is 0 Å². The predicted molar refractivity (Wildman–Crippen MR) is 55.3 cm³/mol. The van der Waals surface area contributed by atoms with E-state index in [1.54, 1.807) is 0 Å². The summed E-state index contributed by atoms with van der Waals surface area (Å²) in [6.45, 7) is -0.0477. The topological polar surface area (TPSA) is 72.5 Å². The number of nitrogens with two attached hydrogens (primary N) is 1. The smallest absolute Gasteiger partial charge is 0.176 e. The molecule has 0 saturated heterocycles. The van der Waals surface area contributed by atoms with Crippen LogP contribution in [0.3, 0.4) is 0 Å². The van der Waals surface area contributed by atoms with E-state index in [2.05, 4.69) is 0 Å². The highest BCUT2D eigenvalue weighted by molar-refractivity contribution is 5.98. The first-order chi connectivity index (χ1) is 6.19. The van der Waals surface area contributed by atoms with E-state index in [1.165, 1.54) is 25.3 Å². The van der Waals surface area contributed by atoms with Crippen molar-refractivity contribution < 1.29 is 14.6 Å². The van der Waals surface area contributed by atoms with Crippen molar-refractivity contribution in [3.8, 4) is 11.5 Å². The van der Waals surface area contributed by atoms with Gasteiger partial charge in [0.1, 0.15) is 0 Å². The Morgan fingerprint density at radius 3 is 2.71 bits per heavy atom. The quantitative estimate of drug-likeness (QED) is 0.740. The van der Waals surface area contributed by atoms with E-state index in [1.807, 2.05) is 0 Å². The Bertz CT molecular complexity index is 328. The molecule has 0 heterocycles. The molecular formula is C9H12ClNO3. The van der Waals surface area contributed by atoms with E-state index >= 15 is 0 Å². The van der Waals surface area contributed by atoms with Gasteiger partial charge in [-0.25, -0.2) is 0 Å². The lowest BCUT2D eigenvalue weighted by Gasteiger charge is -2.04. The van der Waals surface area contributed by atoms with Crippen LogP contribution in [-0.2, 0) is 0 Å². The van der Waals surface area contributed by atoms with Crippen molar-refractivity contribution in [1.82, 2.24) is 0 Å². The third-order valence-electron chi connectivity index (χ3n) is 1.69. The number of hydrogen-bond donors (Lipinski definition) is 2. The van der Waals surface area contributed by atoms with Crippen molar-refractivity contribution in [2.45, 2.75) is 0 Å². The van der Waals surface area contributed by atoms with Crippen LogP contribution in [0.25, 0.3) is 0 Å². The summed E-state index contributed by atoms with van der Waals surface area (Å²) in [5.41, 5.74) is 5.62. The average molecular weight is 218 g/mol. The number of hydrogen-bond acceptors (Lipinski definition) is 4. The fourth-order valence-electron chi connectivity index (χ4n) is 0.969. The van der Waals surface area contributed by atoms with Gasteiger partial charge in [0, 0.05) is 5.56 Å². The molecule has 0 aliphatic heterocycles. The lowest BCUT2D eigenvalue weighted by atomic mass is 10.1. The zero-order chi connectivity index (χ0) is 9.84. The van der Waals surface area contributed by atoms with E-state index in [0.29, 0.717) is 5.56 Å². The monoisotopic (exact) mass is 217 g/mol. The molecule has 0 amide bonds. The molecule has 4 nitrogen and oxygen atoms in total. The molecule has 0 aliphatic rings. The number of carbonyl (C=O) groups excluding carboxylic acids is 1. The summed E-state index contributed by atoms with van der Waals surface area (Å²) in [6, 6.07) is 4.37. The number of aromatic hydroxyl groups is 1. The molecule has 0 saturated carbocycles. The summed E-state index contributed by atoms with van der Waals surface area (Å²) < 4.78 is 4.84. The largest absolute Gasteiger partial charge is 0.504 e. The number of halogens is 1. The Morgan fingerprint density at radius 2 is 2.21 bits per heavy atom. The van der Waals surface area contributed by atoms with Crippen molar-refractivity contribution in [2.75, 3.05) is 13.7 Å². The minimum Gasteiger partial charge on any atom is -0.504 e. The number of benzene rings is 1. The lowest BCUT2D eigenvalue weighted by molar-refractivity contribution is 0.100. The van der Waals surface area contributed by atoms with E-state index in [4.69, 9.17) is 10.5 Å². The average Bonchev–Trinajstić information content (AvgIpc) is 2.17. The molecule has 3 N–H and O–H groups in total. The number of Topliss-reactive ketones (excluding diaryl/α,β-unsaturated/α-hetero) is 1. The van der Waals surface area contributed by atoms with Gasteiger partial charge in [0.2, 0.25) is 0 Å². The van der Waals surface area contributed by atoms with Gasteiger partial charge >= 0.3 is 0 Å². The summed E-state index contributed by atoms with van der Waals surface area (Å²) in [4.78, 5) is 11.1. The molecule has 0 unspecified atom stereocenters. The third-order valence-corrected chi connectivity index (χ3v) is 1.69. The Kier molecular flexibility index (Phi) is 4.97. The van der Waals surface area contributed by atoms with Crippen LogP contribution in [0, 0.1) is 0 Å². The van der Waals surface area contributed by atoms with E-state index in [-0.39, 0.29) is 36.2 Å². The first kappa shape index (κ1) is 12.7. The van der Waals surface area contributed by atoms with Gasteiger partial charge in [0.15, 0.2) is 17.3 Å². The summed E-state index contributed by atoms with van der Waals surface area (Å²) in [6.07, 6.45) is 0. The van der Waals surface area contributed by atoms with Gasteiger partial charge in [-0.15, -0.1) is 12.4 Å². The molecule has 0 fully saturated rings. The minimum absolute atomic E-state index is 0. The van der Waals surface area contributed by atoms with Crippen molar-refractivity contribution >= 4 is 18.2 Å². The second-order valence-corrected chi connectivity index (χ2v) is 2.51. The number of phenolic OH excluding ortho intramolecular Hbond substituents is 1. The van der Waals surface area contributed by atoms with Crippen LogP contribution in [-0.4, -0.2) is 24.5 Å². The number of ether oxygens (including phenoxy) is 1. The standard InChI is InChI=1S/C9H11NO3.ClH/c1-13-9-4-6(8(12)5-10)2-3-7(9)11;/h2-4,11H,5,10H2,1H3;1H. The van der Waals surface area contributed by atoms with Crippen LogP contribution in [0.5, 0.6) is 11.5 Å². The summed E-state index contributed by atoms with van der Waals surface area (Å²) in [7, 11) is 1.42. The maximum Gasteiger partial charge on any atom is 0.176 e. The van der Waals surface area contributed by atoms with Crippen molar-refractivity contribution in [3.63, 3.8) is 0 Å². The SMILES string of the molecule is COc1cc(C(=O)CN)ccc1O.Cl. The molecule has 14 heavy (non-hydrogen) atoms. The fraction of sp³-hybridized carbons (Fsp3) is 0.222. The van der Waals surface area contributed by atoms with E-state index in [0.717, 1.165) is 0 Å². The fourth-order valence-corrected chi connectivity index (χ4v) is 0.969. The van der Waals surface area contributed by atoms with Crippen LogP contribution >= 0.6 is 12.4 Å². The van der Waals surface area contributed by atoms with Crippen LogP contribution in [0.4, 0.5) is 0 Å². The normalized spacial score (nSPS) is 9.00. The zero-order valence-corrected chi connectivity index (χ0v) is 8.50. The molecule has 0 radical (unpaired) electrons. The first-order valence-corrected chi connectivity index (χ1v) is 3.79. The second-order valence-electron chi connectivity index (χ2n) is 2.51. The molecule has 0 aromatic heterocycles. The Labute approximate surface area is 88.1 Å². The third kappa shape index (κ3) is 2.61. The highest BCUT2D eigenvalue weighted by atomic mass is 35.5. The Balaban J connectivity index is 0.00000169. The number of rotatable bonds is 3. The number of methoxy groups -OCH3 is 1. The van der Waals surface area contributed by atoms with Gasteiger partial charge in [-0.2, -0.15) is 0 Å². The first-order valence-electron chi connectivity index (χ1n) is 3.79. The molecule has 0 bridgehead atoms. The molecule has 0 atom stereocenters. The maximum atomic E-state index is 11.1. The predicted octanol–water partition coefficient (Wildman–Crippen LogP) is 0.964. The highest BCUT2D eigenvalue weighted by Crippen LogP contribution is 2.26. The summed E-state index contributed by atoms with van der Waals surface area (Å²) >= 11 is 0. The molecule has 1 aromatic rings. The van der Waals surface area contributed by atoms with Crippen LogP contribution in [0.15, 0.2) is 18.2 Å². The van der Waals surface area contributed by atoms with Gasteiger partial charge in [-0.1, -0.05) is 0 Å². The van der Waals surface area contributed by atoms with Crippen LogP contribution in [0.1, 0.15) is 10.4 Å². The molecule has 5 heteroatoms. The number of ketones is 1. The van der Waals surface area contributed by atoms with E-state index < -0.39 is 0 Å².